The standard InChI is InChI=1S/C19H30ClN3O/c1-3-5-10-21-19(24)15-22-11-13-23(14-12-22)18(4-2)16-6-8-17(20)9-7-16/h6-9,18H,3-5,10-15H2,1-2H3,(H,21,24). The molecule has 2 rings (SSSR count). The van der Waals surface area contributed by atoms with Crippen LogP contribution in [0.5, 0.6) is 0 Å². The van der Waals surface area contributed by atoms with Gasteiger partial charge >= 0.3 is 0 Å². The minimum absolute atomic E-state index is 0.154. The van der Waals surface area contributed by atoms with Gasteiger partial charge in [-0.1, -0.05) is 44.0 Å². The topological polar surface area (TPSA) is 35.6 Å². The van der Waals surface area contributed by atoms with Crippen molar-refractivity contribution in [1.29, 1.82) is 0 Å². The Hall–Kier alpha value is -1.10. The predicted molar refractivity (Wildman–Crippen MR) is 100 cm³/mol. The van der Waals surface area contributed by atoms with Crippen molar-refractivity contribution < 1.29 is 4.79 Å². The molecule has 0 bridgehead atoms. The second-order valence-corrected chi connectivity index (χ2v) is 6.93. The summed E-state index contributed by atoms with van der Waals surface area (Å²) in [6.07, 6.45) is 3.25. The fourth-order valence-electron chi connectivity index (χ4n) is 3.29. The summed E-state index contributed by atoms with van der Waals surface area (Å²) in [5, 5.41) is 3.79. The van der Waals surface area contributed by atoms with Crippen LogP contribution < -0.4 is 5.32 Å². The minimum atomic E-state index is 0.154. The van der Waals surface area contributed by atoms with Crippen LogP contribution in [0.25, 0.3) is 0 Å². The molecule has 134 valence electrons. The summed E-state index contributed by atoms with van der Waals surface area (Å²) < 4.78 is 0. The van der Waals surface area contributed by atoms with Crippen molar-refractivity contribution in [3.63, 3.8) is 0 Å². The Morgan fingerprint density at radius 2 is 1.83 bits per heavy atom. The molecule has 24 heavy (non-hydrogen) atoms. The number of piperazine rings is 1. The summed E-state index contributed by atoms with van der Waals surface area (Å²) in [6.45, 7) is 9.59. The molecule has 0 aromatic heterocycles. The van der Waals surface area contributed by atoms with Crippen LogP contribution in [0, 0.1) is 0 Å². The van der Waals surface area contributed by atoms with Crippen molar-refractivity contribution in [3.05, 3.63) is 34.9 Å². The fourth-order valence-corrected chi connectivity index (χ4v) is 3.41. The van der Waals surface area contributed by atoms with E-state index in [0.717, 1.165) is 57.0 Å². The van der Waals surface area contributed by atoms with Crippen LogP contribution in [-0.4, -0.2) is 55.0 Å². The minimum Gasteiger partial charge on any atom is -0.355 e. The van der Waals surface area contributed by atoms with Crippen molar-refractivity contribution in [1.82, 2.24) is 15.1 Å². The summed E-state index contributed by atoms with van der Waals surface area (Å²) in [6, 6.07) is 8.63. The van der Waals surface area contributed by atoms with Crippen LogP contribution in [0.15, 0.2) is 24.3 Å². The van der Waals surface area contributed by atoms with E-state index in [1.807, 2.05) is 12.1 Å². The van der Waals surface area contributed by atoms with Crippen molar-refractivity contribution in [3.8, 4) is 0 Å². The number of halogens is 1. The largest absolute Gasteiger partial charge is 0.355 e. The van der Waals surface area contributed by atoms with E-state index < -0.39 is 0 Å². The number of amides is 1. The van der Waals surface area contributed by atoms with Crippen LogP contribution >= 0.6 is 11.6 Å². The lowest BCUT2D eigenvalue weighted by atomic mass is 10.0. The first-order chi connectivity index (χ1) is 11.6. The van der Waals surface area contributed by atoms with Crippen molar-refractivity contribution >= 4 is 17.5 Å². The van der Waals surface area contributed by atoms with Crippen LogP contribution in [0.2, 0.25) is 5.02 Å². The lowest BCUT2D eigenvalue weighted by molar-refractivity contribution is -0.122. The van der Waals surface area contributed by atoms with Crippen molar-refractivity contribution in [2.45, 2.75) is 39.2 Å². The fraction of sp³-hybridized carbons (Fsp3) is 0.632. The number of benzene rings is 1. The molecule has 1 atom stereocenters. The number of carbonyl (C=O) groups excluding carboxylic acids is 1. The van der Waals surface area contributed by atoms with E-state index in [2.05, 4.69) is 41.1 Å². The quantitative estimate of drug-likeness (QED) is 0.730. The molecular formula is C19H30ClN3O. The summed E-state index contributed by atoms with van der Waals surface area (Å²) in [7, 11) is 0. The molecule has 1 heterocycles. The average molecular weight is 352 g/mol. The van der Waals surface area contributed by atoms with Crippen LogP contribution in [-0.2, 0) is 4.79 Å². The first-order valence-corrected chi connectivity index (χ1v) is 9.50. The zero-order valence-electron chi connectivity index (χ0n) is 14.9. The maximum atomic E-state index is 11.9. The number of hydrogen-bond acceptors (Lipinski definition) is 3. The van der Waals surface area contributed by atoms with E-state index >= 15 is 0 Å². The van der Waals surface area contributed by atoms with E-state index in [9.17, 15) is 4.79 Å². The molecule has 1 amide bonds. The van der Waals surface area contributed by atoms with Crippen molar-refractivity contribution in [2.75, 3.05) is 39.3 Å². The number of unbranched alkanes of at least 4 members (excludes halogenated alkanes) is 1. The van der Waals surface area contributed by atoms with E-state index in [-0.39, 0.29) is 5.91 Å². The van der Waals surface area contributed by atoms with Gasteiger partial charge in [-0.25, -0.2) is 0 Å². The molecule has 0 saturated carbocycles. The van der Waals surface area contributed by atoms with Gasteiger partial charge in [-0.2, -0.15) is 0 Å². The molecule has 1 fully saturated rings. The molecule has 5 heteroatoms. The second-order valence-electron chi connectivity index (χ2n) is 6.49. The van der Waals surface area contributed by atoms with Gasteiger partial charge < -0.3 is 5.32 Å². The third-order valence-electron chi connectivity index (χ3n) is 4.71. The van der Waals surface area contributed by atoms with Crippen LogP contribution in [0.4, 0.5) is 0 Å². The molecule has 0 radical (unpaired) electrons. The van der Waals surface area contributed by atoms with Gasteiger partial charge in [0.05, 0.1) is 6.54 Å². The molecule has 1 saturated heterocycles. The van der Waals surface area contributed by atoms with E-state index in [0.29, 0.717) is 12.6 Å². The number of nitrogens with one attached hydrogen (secondary N) is 1. The van der Waals surface area contributed by atoms with Crippen molar-refractivity contribution in [2.24, 2.45) is 0 Å². The van der Waals surface area contributed by atoms with Gasteiger partial charge in [0, 0.05) is 43.8 Å². The maximum absolute atomic E-state index is 11.9. The maximum Gasteiger partial charge on any atom is 0.234 e. The predicted octanol–water partition coefficient (Wildman–Crippen LogP) is 3.33. The highest BCUT2D eigenvalue weighted by Crippen LogP contribution is 2.26. The molecule has 1 N–H and O–H groups in total. The molecular weight excluding hydrogens is 322 g/mol. The molecule has 1 aliphatic heterocycles. The molecule has 0 spiro atoms. The van der Waals surface area contributed by atoms with Gasteiger partial charge in [-0.15, -0.1) is 0 Å². The number of hydrogen-bond donors (Lipinski definition) is 1. The van der Waals surface area contributed by atoms with E-state index in [1.165, 1.54) is 5.56 Å². The van der Waals surface area contributed by atoms with Crippen LogP contribution in [0.3, 0.4) is 0 Å². The SMILES string of the molecule is CCCCNC(=O)CN1CCN(C(CC)c2ccc(Cl)cc2)CC1. The first kappa shape index (κ1) is 19.2. The first-order valence-electron chi connectivity index (χ1n) is 9.12. The van der Waals surface area contributed by atoms with Gasteiger partial charge in [0.2, 0.25) is 5.91 Å². The average Bonchev–Trinajstić information content (AvgIpc) is 2.59. The van der Waals surface area contributed by atoms with Gasteiger partial charge in [-0.05, 0) is 30.5 Å². The molecule has 1 aliphatic rings. The van der Waals surface area contributed by atoms with Gasteiger partial charge in [-0.3, -0.25) is 14.6 Å². The third kappa shape index (κ3) is 5.76. The monoisotopic (exact) mass is 351 g/mol. The van der Waals surface area contributed by atoms with Gasteiger partial charge in [0.15, 0.2) is 0 Å². The number of nitrogens with zero attached hydrogens (tertiary/aromatic N) is 2. The third-order valence-corrected chi connectivity index (χ3v) is 4.96. The Kier molecular flexibility index (Phi) is 8.03. The lowest BCUT2D eigenvalue weighted by Gasteiger charge is -2.39. The Bertz CT molecular complexity index is 498. The summed E-state index contributed by atoms with van der Waals surface area (Å²) in [5.74, 6) is 0.154. The van der Waals surface area contributed by atoms with Crippen LogP contribution in [0.1, 0.15) is 44.7 Å². The highest BCUT2D eigenvalue weighted by Gasteiger charge is 2.24. The zero-order valence-corrected chi connectivity index (χ0v) is 15.7. The van der Waals surface area contributed by atoms with E-state index in [1.54, 1.807) is 0 Å². The molecule has 4 nitrogen and oxygen atoms in total. The Labute approximate surface area is 151 Å². The second kappa shape index (κ2) is 10.0. The molecule has 1 aromatic rings. The smallest absolute Gasteiger partial charge is 0.234 e. The highest BCUT2D eigenvalue weighted by molar-refractivity contribution is 6.30. The summed E-state index contributed by atoms with van der Waals surface area (Å²) in [5.41, 5.74) is 1.33. The number of carbonyl (C=O) groups is 1. The van der Waals surface area contributed by atoms with Gasteiger partial charge in [0.1, 0.15) is 0 Å². The highest BCUT2D eigenvalue weighted by atomic mass is 35.5. The Balaban J connectivity index is 1.80. The van der Waals surface area contributed by atoms with Gasteiger partial charge in [0.25, 0.3) is 0 Å². The lowest BCUT2D eigenvalue weighted by Crippen LogP contribution is -2.50. The summed E-state index contributed by atoms with van der Waals surface area (Å²) >= 11 is 6.00. The normalized spacial score (nSPS) is 17.6. The molecule has 0 aliphatic carbocycles. The van der Waals surface area contributed by atoms with E-state index in [4.69, 9.17) is 11.6 Å². The molecule has 1 unspecified atom stereocenters. The Morgan fingerprint density at radius 1 is 1.17 bits per heavy atom. The summed E-state index contributed by atoms with van der Waals surface area (Å²) in [4.78, 5) is 16.7. The molecule has 1 aromatic carbocycles. The number of rotatable bonds is 8. The Morgan fingerprint density at radius 3 is 2.42 bits per heavy atom. The zero-order chi connectivity index (χ0) is 17.4.